The molecule has 0 unspecified atom stereocenters. The second kappa shape index (κ2) is 4.85. The lowest BCUT2D eigenvalue weighted by Gasteiger charge is -1.97. The van der Waals surface area contributed by atoms with Crippen molar-refractivity contribution in [3.63, 3.8) is 0 Å². The Balaban J connectivity index is 1.97. The van der Waals surface area contributed by atoms with E-state index in [2.05, 4.69) is 20.5 Å². The van der Waals surface area contributed by atoms with Crippen LogP contribution in [0.1, 0.15) is 5.56 Å². The van der Waals surface area contributed by atoms with Crippen molar-refractivity contribution in [1.29, 1.82) is 0 Å². The van der Waals surface area contributed by atoms with Crippen LogP contribution < -0.4 is 5.43 Å². The van der Waals surface area contributed by atoms with E-state index in [1.165, 1.54) is 0 Å². The maximum atomic E-state index is 4.08. The molecule has 0 saturated carbocycles. The van der Waals surface area contributed by atoms with Crippen molar-refractivity contribution in [2.24, 2.45) is 5.10 Å². The number of hydrazone groups is 1. The van der Waals surface area contributed by atoms with Gasteiger partial charge >= 0.3 is 0 Å². The number of hydrogen-bond donors (Lipinski definition) is 1. The van der Waals surface area contributed by atoms with Gasteiger partial charge in [-0.05, 0) is 29.8 Å². The molecule has 0 radical (unpaired) electrons. The maximum absolute atomic E-state index is 4.08. The van der Waals surface area contributed by atoms with Gasteiger partial charge in [-0.2, -0.15) is 5.10 Å². The van der Waals surface area contributed by atoms with Crippen LogP contribution in [-0.2, 0) is 0 Å². The van der Waals surface area contributed by atoms with Gasteiger partial charge in [0, 0.05) is 24.8 Å². The molecule has 4 heteroatoms. The summed E-state index contributed by atoms with van der Waals surface area (Å²) < 4.78 is 0. The normalized spacial score (nSPS) is 10.4. The molecule has 2 aromatic rings. The lowest BCUT2D eigenvalue weighted by molar-refractivity contribution is 1.28. The van der Waals surface area contributed by atoms with E-state index in [0.717, 1.165) is 11.3 Å². The van der Waals surface area contributed by atoms with Crippen molar-refractivity contribution >= 4 is 11.9 Å². The maximum Gasteiger partial charge on any atom is 0.0592 e. The van der Waals surface area contributed by atoms with Crippen molar-refractivity contribution in [1.82, 2.24) is 9.97 Å². The van der Waals surface area contributed by atoms with Crippen LogP contribution in [-0.4, -0.2) is 16.2 Å². The summed E-state index contributed by atoms with van der Waals surface area (Å²) in [6.07, 6.45) is 8.62. The summed E-state index contributed by atoms with van der Waals surface area (Å²) in [4.78, 5) is 7.83. The van der Waals surface area contributed by atoms with Crippen LogP contribution in [0, 0.1) is 0 Å². The highest BCUT2D eigenvalue weighted by molar-refractivity contribution is 5.79. The van der Waals surface area contributed by atoms with Gasteiger partial charge in [0.2, 0.25) is 0 Å². The molecular weight excluding hydrogens is 188 g/mol. The average molecular weight is 198 g/mol. The Morgan fingerprint density at radius 2 is 1.53 bits per heavy atom. The predicted molar refractivity (Wildman–Crippen MR) is 59.7 cm³/mol. The molecule has 2 heterocycles. The first-order valence-electron chi connectivity index (χ1n) is 4.54. The summed E-state index contributed by atoms with van der Waals surface area (Å²) in [5.41, 5.74) is 4.82. The number of nitrogens with zero attached hydrogens (tertiary/aromatic N) is 3. The van der Waals surface area contributed by atoms with Gasteiger partial charge < -0.3 is 0 Å². The molecule has 0 atom stereocenters. The Labute approximate surface area is 87.7 Å². The van der Waals surface area contributed by atoms with Gasteiger partial charge in [-0.15, -0.1) is 0 Å². The third kappa shape index (κ3) is 2.87. The Kier molecular flexibility index (Phi) is 3.02. The Morgan fingerprint density at radius 1 is 0.933 bits per heavy atom. The highest BCUT2D eigenvalue weighted by Crippen LogP contribution is 2.02. The minimum Gasteiger partial charge on any atom is -0.278 e. The smallest absolute Gasteiger partial charge is 0.0592 e. The van der Waals surface area contributed by atoms with Gasteiger partial charge in [0.05, 0.1) is 11.9 Å². The van der Waals surface area contributed by atoms with Crippen LogP contribution in [0.25, 0.3) is 0 Å². The summed E-state index contributed by atoms with van der Waals surface area (Å²) in [7, 11) is 0. The molecule has 0 spiro atoms. The third-order valence-corrected chi connectivity index (χ3v) is 1.79. The standard InChI is InChI=1S/C11H10N4/c1-5-12-6-2-10(1)9-14-15-11-3-7-13-8-4-11/h1-9H,(H,13,15)/b14-9+. The molecule has 0 aliphatic rings. The first kappa shape index (κ1) is 9.33. The van der Waals surface area contributed by atoms with Gasteiger partial charge in [0.15, 0.2) is 0 Å². The third-order valence-electron chi connectivity index (χ3n) is 1.79. The summed E-state index contributed by atoms with van der Waals surface area (Å²) in [6, 6.07) is 7.48. The molecule has 0 fully saturated rings. The van der Waals surface area contributed by atoms with Crippen molar-refractivity contribution in [2.45, 2.75) is 0 Å². The van der Waals surface area contributed by atoms with Crippen molar-refractivity contribution in [3.05, 3.63) is 54.6 Å². The van der Waals surface area contributed by atoms with Crippen LogP contribution in [0.15, 0.2) is 54.2 Å². The summed E-state index contributed by atoms with van der Waals surface area (Å²) in [6.45, 7) is 0. The van der Waals surface area contributed by atoms with Crippen LogP contribution in [0.5, 0.6) is 0 Å². The van der Waals surface area contributed by atoms with Crippen LogP contribution in [0.2, 0.25) is 0 Å². The second-order valence-electron chi connectivity index (χ2n) is 2.89. The summed E-state index contributed by atoms with van der Waals surface area (Å²) in [5, 5.41) is 4.08. The van der Waals surface area contributed by atoms with Gasteiger partial charge in [-0.25, -0.2) is 0 Å². The number of rotatable bonds is 3. The zero-order valence-electron chi connectivity index (χ0n) is 8.04. The van der Waals surface area contributed by atoms with Gasteiger partial charge in [-0.3, -0.25) is 15.4 Å². The largest absolute Gasteiger partial charge is 0.278 e. The van der Waals surface area contributed by atoms with Gasteiger partial charge in [-0.1, -0.05) is 0 Å². The van der Waals surface area contributed by atoms with Gasteiger partial charge in [0.25, 0.3) is 0 Å². The van der Waals surface area contributed by atoms with E-state index < -0.39 is 0 Å². The number of hydrogen-bond acceptors (Lipinski definition) is 4. The molecule has 0 saturated heterocycles. The minimum absolute atomic E-state index is 0.912. The molecule has 2 rings (SSSR count). The van der Waals surface area contributed by atoms with Gasteiger partial charge in [0.1, 0.15) is 0 Å². The van der Waals surface area contributed by atoms with E-state index in [1.807, 2.05) is 24.3 Å². The monoisotopic (exact) mass is 198 g/mol. The average Bonchev–Trinajstić information content (AvgIpc) is 2.32. The fourth-order valence-electron chi connectivity index (χ4n) is 1.06. The second-order valence-corrected chi connectivity index (χ2v) is 2.89. The van der Waals surface area contributed by atoms with E-state index in [1.54, 1.807) is 31.0 Å². The lowest BCUT2D eigenvalue weighted by atomic mass is 10.3. The Morgan fingerprint density at radius 3 is 2.20 bits per heavy atom. The molecule has 74 valence electrons. The van der Waals surface area contributed by atoms with Crippen LogP contribution >= 0.6 is 0 Å². The van der Waals surface area contributed by atoms with E-state index in [0.29, 0.717) is 0 Å². The number of pyridine rings is 2. The molecule has 4 nitrogen and oxygen atoms in total. The topological polar surface area (TPSA) is 50.2 Å². The molecule has 0 aliphatic heterocycles. The molecule has 0 aliphatic carbocycles. The molecule has 1 N–H and O–H groups in total. The quantitative estimate of drug-likeness (QED) is 0.605. The van der Waals surface area contributed by atoms with E-state index in [9.17, 15) is 0 Å². The lowest BCUT2D eigenvalue weighted by Crippen LogP contribution is -1.90. The van der Waals surface area contributed by atoms with Crippen molar-refractivity contribution in [3.8, 4) is 0 Å². The zero-order chi connectivity index (χ0) is 10.3. The zero-order valence-corrected chi connectivity index (χ0v) is 8.04. The Hall–Kier alpha value is -2.23. The number of anilines is 1. The fourth-order valence-corrected chi connectivity index (χ4v) is 1.06. The molecule has 0 aromatic carbocycles. The molecule has 15 heavy (non-hydrogen) atoms. The molecule has 2 aromatic heterocycles. The number of aromatic nitrogens is 2. The highest BCUT2D eigenvalue weighted by Gasteiger charge is 1.86. The summed E-state index contributed by atoms with van der Waals surface area (Å²) >= 11 is 0. The highest BCUT2D eigenvalue weighted by atomic mass is 15.3. The SMILES string of the molecule is C(=N\Nc1ccncc1)/c1ccncc1. The van der Waals surface area contributed by atoms with E-state index >= 15 is 0 Å². The van der Waals surface area contributed by atoms with Crippen molar-refractivity contribution < 1.29 is 0 Å². The summed E-state index contributed by atoms with van der Waals surface area (Å²) in [5.74, 6) is 0. The van der Waals surface area contributed by atoms with Crippen molar-refractivity contribution in [2.75, 3.05) is 5.43 Å². The first-order valence-corrected chi connectivity index (χ1v) is 4.54. The van der Waals surface area contributed by atoms with E-state index in [-0.39, 0.29) is 0 Å². The van der Waals surface area contributed by atoms with E-state index in [4.69, 9.17) is 0 Å². The number of nitrogens with one attached hydrogen (secondary N) is 1. The first-order chi connectivity index (χ1) is 7.45. The fraction of sp³-hybridized carbons (Fsp3) is 0. The minimum atomic E-state index is 0.912. The van der Waals surface area contributed by atoms with Crippen LogP contribution in [0.4, 0.5) is 5.69 Å². The molecule has 0 bridgehead atoms. The van der Waals surface area contributed by atoms with Crippen LogP contribution in [0.3, 0.4) is 0 Å². The Bertz CT molecular complexity index is 425. The predicted octanol–water partition coefficient (Wildman–Crippen LogP) is 1.92. The molecule has 0 amide bonds. The molecular formula is C11H10N4.